The van der Waals surface area contributed by atoms with Crippen LogP contribution >= 0.6 is 0 Å². The van der Waals surface area contributed by atoms with Gasteiger partial charge in [-0.1, -0.05) is 6.07 Å². The summed E-state index contributed by atoms with van der Waals surface area (Å²) in [4.78, 5) is 19.3. The maximum atomic E-state index is 12.8. The van der Waals surface area contributed by atoms with Crippen molar-refractivity contribution in [3.8, 4) is 6.07 Å². The molecule has 3 aromatic rings. The zero-order valence-corrected chi connectivity index (χ0v) is 17.2. The van der Waals surface area contributed by atoms with Crippen molar-refractivity contribution in [2.75, 3.05) is 13.1 Å². The molecule has 1 fully saturated rings. The van der Waals surface area contributed by atoms with E-state index in [4.69, 9.17) is 16.4 Å². The molecule has 0 saturated carbocycles. The van der Waals surface area contributed by atoms with Crippen LogP contribution in [0.2, 0.25) is 0 Å². The van der Waals surface area contributed by atoms with E-state index in [1.54, 1.807) is 24.3 Å². The van der Waals surface area contributed by atoms with E-state index in [-0.39, 0.29) is 5.91 Å². The highest BCUT2D eigenvalue weighted by molar-refractivity contribution is 6.07. The Bertz CT molecular complexity index is 1190. The number of nitriles is 1. The fourth-order valence-electron chi connectivity index (χ4n) is 4.10. The van der Waals surface area contributed by atoms with Crippen LogP contribution < -0.4 is 5.73 Å². The number of nitrogens with two attached hydrogens (primary N) is 1. The zero-order valence-electron chi connectivity index (χ0n) is 17.2. The molecule has 0 aliphatic carbocycles. The van der Waals surface area contributed by atoms with Crippen LogP contribution in [0.25, 0.3) is 16.6 Å². The van der Waals surface area contributed by atoms with Crippen LogP contribution in [0.4, 0.5) is 0 Å². The van der Waals surface area contributed by atoms with Gasteiger partial charge in [-0.05, 0) is 55.2 Å². The molecule has 1 saturated heterocycles. The maximum Gasteiger partial charge on any atom is 0.253 e. The van der Waals surface area contributed by atoms with Crippen LogP contribution in [-0.4, -0.2) is 39.7 Å². The summed E-state index contributed by atoms with van der Waals surface area (Å²) >= 11 is 0. The van der Waals surface area contributed by atoms with Gasteiger partial charge in [0.15, 0.2) is 0 Å². The summed E-state index contributed by atoms with van der Waals surface area (Å²) in [6, 6.07) is 14.9. The average molecular weight is 412 g/mol. The number of pyridine rings is 1. The highest BCUT2D eigenvalue weighted by Gasteiger charge is 2.24. The predicted molar refractivity (Wildman–Crippen MR) is 120 cm³/mol. The molecule has 4 rings (SSSR count). The molecule has 0 spiro atoms. The lowest BCUT2D eigenvalue weighted by molar-refractivity contribution is 0.0683. The number of hydrogen-bond donors (Lipinski definition) is 2. The van der Waals surface area contributed by atoms with Crippen LogP contribution in [0.1, 0.15) is 34.5 Å². The summed E-state index contributed by atoms with van der Waals surface area (Å²) in [5.74, 6) is 0.472. The van der Waals surface area contributed by atoms with E-state index in [2.05, 4.69) is 15.6 Å². The van der Waals surface area contributed by atoms with Crippen molar-refractivity contribution in [2.45, 2.75) is 19.4 Å². The summed E-state index contributed by atoms with van der Waals surface area (Å²) in [6.45, 7) is 2.30. The first kappa shape index (κ1) is 20.4. The average Bonchev–Trinajstić information content (AvgIpc) is 3.22. The molecule has 2 aromatic heterocycles. The molecule has 1 amide bonds. The largest absolute Gasteiger partial charge is 0.404 e. The van der Waals surface area contributed by atoms with Gasteiger partial charge in [0.05, 0.1) is 28.4 Å². The molecule has 156 valence electrons. The molecular weight excluding hydrogens is 388 g/mol. The number of nitrogens with zero attached hydrogens (tertiary/aromatic N) is 4. The number of benzene rings is 1. The third-order valence-corrected chi connectivity index (χ3v) is 5.85. The van der Waals surface area contributed by atoms with Gasteiger partial charge in [0, 0.05) is 49.4 Å². The molecule has 0 unspecified atom stereocenters. The van der Waals surface area contributed by atoms with Gasteiger partial charge in [0.1, 0.15) is 0 Å². The quantitative estimate of drug-likeness (QED) is 0.625. The predicted octanol–water partition coefficient (Wildman–Crippen LogP) is 3.41. The second kappa shape index (κ2) is 8.84. The minimum atomic E-state index is -0.00588. The highest BCUT2D eigenvalue weighted by atomic mass is 16.2. The van der Waals surface area contributed by atoms with Crippen LogP contribution in [0.3, 0.4) is 0 Å². The Balaban J connectivity index is 1.41. The van der Waals surface area contributed by atoms with Gasteiger partial charge >= 0.3 is 0 Å². The van der Waals surface area contributed by atoms with Crippen molar-refractivity contribution in [3.05, 3.63) is 71.7 Å². The number of nitrogens with one attached hydrogen (secondary N) is 1. The Labute approximate surface area is 180 Å². The fourth-order valence-corrected chi connectivity index (χ4v) is 4.10. The lowest BCUT2D eigenvalue weighted by Gasteiger charge is -2.32. The number of rotatable bonds is 5. The summed E-state index contributed by atoms with van der Waals surface area (Å²) in [5.41, 5.74) is 9.86. The van der Waals surface area contributed by atoms with E-state index < -0.39 is 0 Å². The Morgan fingerprint density at radius 1 is 1.26 bits per heavy atom. The molecule has 0 radical (unpaired) electrons. The number of carbonyl (C=O) groups is 1. The van der Waals surface area contributed by atoms with Crippen molar-refractivity contribution < 1.29 is 4.79 Å². The van der Waals surface area contributed by atoms with Gasteiger partial charge in [-0.2, -0.15) is 5.26 Å². The van der Waals surface area contributed by atoms with Crippen LogP contribution in [-0.2, 0) is 6.54 Å². The Morgan fingerprint density at radius 2 is 2.06 bits per heavy atom. The van der Waals surface area contributed by atoms with Crippen molar-refractivity contribution in [2.24, 2.45) is 11.7 Å². The van der Waals surface area contributed by atoms with Crippen molar-refractivity contribution in [3.63, 3.8) is 0 Å². The van der Waals surface area contributed by atoms with Crippen molar-refractivity contribution in [1.29, 1.82) is 10.7 Å². The number of carbonyl (C=O) groups excluding carboxylic acids is 1. The Kier molecular flexibility index (Phi) is 5.80. The first-order valence-electron chi connectivity index (χ1n) is 10.3. The molecule has 0 atom stereocenters. The monoisotopic (exact) mass is 412 g/mol. The summed E-state index contributed by atoms with van der Waals surface area (Å²) in [6.07, 6.45) is 6.51. The van der Waals surface area contributed by atoms with E-state index in [9.17, 15) is 4.79 Å². The second-order valence-electron chi connectivity index (χ2n) is 7.76. The molecule has 7 nitrogen and oxygen atoms in total. The summed E-state index contributed by atoms with van der Waals surface area (Å²) in [7, 11) is 0. The van der Waals surface area contributed by atoms with Crippen LogP contribution in [0.15, 0.2) is 54.9 Å². The van der Waals surface area contributed by atoms with Crippen LogP contribution in [0, 0.1) is 22.7 Å². The van der Waals surface area contributed by atoms with Gasteiger partial charge in [-0.25, -0.2) is 4.98 Å². The first-order valence-corrected chi connectivity index (χ1v) is 10.3. The third kappa shape index (κ3) is 4.19. The maximum absolute atomic E-state index is 12.8. The van der Waals surface area contributed by atoms with E-state index in [0.29, 0.717) is 41.4 Å². The molecule has 0 bridgehead atoms. The molecule has 31 heavy (non-hydrogen) atoms. The Morgan fingerprint density at radius 3 is 2.77 bits per heavy atom. The molecule has 1 aliphatic rings. The Hall–Kier alpha value is -3.92. The zero-order chi connectivity index (χ0) is 21.8. The minimum absolute atomic E-state index is 0.00588. The second-order valence-corrected chi connectivity index (χ2v) is 7.76. The number of likely N-dealkylation sites (tertiary alicyclic amines) is 1. The van der Waals surface area contributed by atoms with Gasteiger partial charge in [0.25, 0.3) is 5.91 Å². The lowest BCUT2D eigenvalue weighted by Crippen LogP contribution is -2.39. The summed E-state index contributed by atoms with van der Waals surface area (Å²) in [5, 5.41) is 16.5. The van der Waals surface area contributed by atoms with E-state index in [0.717, 1.165) is 30.4 Å². The summed E-state index contributed by atoms with van der Waals surface area (Å²) < 4.78 is 2.21. The number of fused-ring (bicyclic) bond motifs is 1. The van der Waals surface area contributed by atoms with E-state index in [1.165, 1.54) is 12.4 Å². The topological polar surface area (TPSA) is 112 Å². The molecule has 1 aromatic carbocycles. The number of aromatic nitrogens is 2. The SMILES string of the molecule is N#Cc1cccc(C(=O)N2CCC(Cn3ccc4nc(/C(C=N)=C/N)ccc43)CC2)c1. The minimum Gasteiger partial charge on any atom is -0.404 e. The standard InChI is InChI=1S/C24H24N6O/c25-13-18-2-1-3-19(12-18)24(31)29-9-6-17(7-10-29)16-30-11-8-22-23(30)5-4-21(28-22)20(14-26)15-27/h1-5,8,11-12,14-15,17,26H,6-7,9-10,16,27H2/b20-15+,26-14?. The van der Waals surface area contributed by atoms with Gasteiger partial charge in [-0.15, -0.1) is 0 Å². The van der Waals surface area contributed by atoms with Gasteiger partial charge in [0.2, 0.25) is 0 Å². The van der Waals surface area contributed by atoms with E-state index in [1.807, 2.05) is 29.3 Å². The number of piperidine rings is 1. The number of hydrogen-bond acceptors (Lipinski definition) is 5. The van der Waals surface area contributed by atoms with Crippen LogP contribution in [0.5, 0.6) is 0 Å². The van der Waals surface area contributed by atoms with Gasteiger partial charge < -0.3 is 20.6 Å². The fraction of sp³-hybridized carbons (Fsp3) is 0.250. The molecule has 7 heteroatoms. The van der Waals surface area contributed by atoms with E-state index >= 15 is 0 Å². The third-order valence-electron chi connectivity index (χ3n) is 5.85. The number of amides is 1. The molecule has 1 aliphatic heterocycles. The molecule has 3 N–H and O–H groups in total. The molecule has 3 heterocycles. The number of allylic oxidation sites excluding steroid dienone is 1. The highest BCUT2D eigenvalue weighted by Crippen LogP contribution is 2.24. The molecular formula is C24H24N6O. The van der Waals surface area contributed by atoms with Crippen molar-refractivity contribution >= 4 is 28.7 Å². The smallest absolute Gasteiger partial charge is 0.253 e. The van der Waals surface area contributed by atoms with Crippen molar-refractivity contribution in [1.82, 2.24) is 14.5 Å². The van der Waals surface area contributed by atoms with Gasteiger partial charge in [-0.3, -0.25) is 4.79 Å². The first-order chi connectivity index (χ1) is 15.1. The lowest BCUT2D eigenvalue weighted by atomic mass is 9.96. The normalized spacial score (nSPS) is 15.1.